The summed E-state index contributed by atoms with van der Waals surface area (Å²) < 4.78 is 13.5. The van der Waals surface area contributed by atoms with Gasteiger partial charge in [-0.1, -0.05) is 0 Å². The second-order valence-corrected chi connectivity index (χ2v) is 8.97. The molecule has 2 aliphatic rings. The van der Waals surface area contributed by atoms with Crippen molar-refractivity contribution in [2.45, 2.75) is 9.79 Å². The smallest absolute Gasteiger partial charge is 0.338 e. The van der Waals surface area contributed by atoms with Crippen molar-refractivity contribution in [3.63, 3.8) is 0 Å². The summed E-state index contributed by atoms with van der Waals surface area (Å²) in [6.45, 7) is 0. The van der Waals surface area contributed by atoms with Crippen LogP contribution in [0.2, 0.25) is 0 Å². The molecule has 0 N–H and O–H groups in total. The van der Waals surface area contributed by atoms with Gasteiger partial charge in [0.1, 0.15) is 25.4 Å². The largest absolute Gasteiger partial charge is 0.465 e. The predicted octanol–water partition coefficient (Wildman–Crippen LogP) is 4.67. The minimum Gasteiger partial charge on any atom is -0.465 e. The van der Waals surface area contributed by atoms with Gasteiger partial charge in [0.15, 0.2) is 0 Å². The van der Waals surface area contributed by atoms with Crippen molar-refractivity contribution >= 4 is 47.9 Å². The van der Waals surface area contributed by atoms with E-state index < -0.39 is 5.97 Å². The van der Waals surface area contributed by atoms with Gasteiger partial charge in [-0.15, -0.1) is 25.3 Å². The summed E-state index contributed by atoms with van der Waals surface area (Å²) in [5.41, 5.74) is 4.68. The zero-order valence-electron chi connectivity index (χ0n) is 18.6. The summed E-state index contributed by atoms with van der Waals surface area (Å²) in [5, 5.41) is 1.91. The van der Waals surface area contributed by atoms with Gasteiger partial charge in [-0.05, 0) is 35.9 Å². The van der Waals surface area contributed by atoms with Crippen LogP contribution in [-0.2, 0) is 4.74 Å². The highest BCUT2D eigenvalue weighted by molar-refractivity contribution is 7.83. The van der Waals surface area contributed by atoms with Crippen LogP contribution in [-0.4, -0.2) is 41.3 Å². The number of fused-ring (bicyclic) bond motifs is 2. The number of thiol groups is 2. The number of carbonyl (C=O) groups is 1. The number of methoxy groups -OCH3 is 1. The van der Waals surface area contributed by atoms with Gasteiger partial charge >= 0.3 is 5.97 Å². The Morgan fingerprint density at radius 3 is 2.34 bits per heavy atom. The van der Waals surface area contributed by atoms with Crippen LogP contribution in [0.4, 0.5) is 5.69 Å². The van der Waals surface area contributed by atoms with E-state index in [4.69, 9.17) is 9.15 Å². The van der Waals surface area contributed by atoms with E-state index in [2.05, 4.69) is 25.3 Å². The third kappa shape index (κ3) is 3.87. The Labute approximate surface area is 198 Å². The molecule has 0 saturated carbocycles. The van der Waals surface area contributed by atoms with Gasteiger partial charge in [-0.25, -0.2) is 9.37 Å². The van der Waals surface area contributed by atoms with Crippen molar-refractivity contribution in [1.82, 2.24) is 4.58 Å². The average molecular weight is 466 g/mol. The normalized spacial score (nSPS) is 11.1. The summed E-state index contributed by atoms with van der Waals surface area (Å²) in [5.74, 6) is 0.293. The van der Waals surface area contributed by atoms with Crippen LogP contribution in [0, 0.1) is 0 Å². The third-order valence-corrected chi connectivity index (χ3v) is 6.43. The maximum atomic E-state index is 12.7. The number of benzene rings is 3. The average Bonchev–Trinajstić information content (AvgIpc) is 2.77. The molecule has 0 radical (unpaired) electrons. The van der Waals surface area contributed by atoms with Crippen molar-refractivity contribution in [3.05, 3.63) is 59.5 Å². The molecule has 1 aliphatic heterocycles. The molecule has 0 bridgehead atoms. The summed E-state index contributed by atoms with van der Waals surface area (Å²) in [6, 6.07) is 15.7. The second kappa shape index (κ2) is 8.56. The zero-order chi connectivity index (χ0) is 23.2. The molecule has 1 heterocycles. The molecule has 0 saturated heterocycles. The minimum absolute atomic E-state index is 0.428. The van der Waals surface area contributed by atoms with Crippen molar-refractivity contribution in [1.29, 1.82) is 0 Å². The molecule has 0 spiro atoms. The van der Waals surface area contributed by atoms with Crippen LogP contribution in [0.15, 0.2) is 62.7 Å². The van der Waals surface area contributed by atoms with Crippen LogP contribution < -0.4 is 14.8 Å². The highest BCUT2D eigenvalue weighted by atomic mass is 32.1. The lowest BCUT2D eigenvalue weighted by atomic mass is 9.90. The van der Waals surface area contributed by atoms with Crippen LogP contribution in [0.1, 0.15) is 10.4 Å². The number of hydrogen-bond acceptors (Lipinski definition) is 6. The second-order valence-electron chi connectivity index (χ2n) is 8.00. The highest BCUT2D eigenvalue weighted by Crippen LogP contribution is 2.43. The fourth-order valence-corrected chi connectivity index (χ4v) is 4.16. The Hall–Kier alpha value is -2.90. The number of anilines is 1. The van der Waals surface area contributed by atoms with Crippen molar-refractivity contribution in [3.8, 4) is 22.5 Å². The Bertz CT molecular complexity index is 1400. The molecule has 2 aromatic carbocycles. The molecule has 0 atom stereocenters. The SMILES string of the molecule is COC(=O)c1cc(S)c(S)cc1-c1c2ccc(=[N+](C)C)cc-2oc2cc(N(C)C)ccc12. The summed E-state index contributed by atoms with van der Waals surface area (Å²) >= 11 is 9.04. The van der Waals surface area contributed by atoms with E-state index in [-0.39, 0.29) is 0 Å². The first-order valence-electron chi connectivity index (χ1n) is 10.0. The molecule has 4 rings (SSSR count). The fourth-order valence-electron chi connectivity index (χ4n) is 3.78. The molecule has 32 heavy (non-hydrogen) atoms. The lowest BCUT2D eigenvalue weighted by Gasteiger charge is -2.19. The maximum Gasteiger partial charge on any atom is 0.338 e. The van der Waals surface area contributed by atoms with E-state index in [9.17, 15) is 4.79 Å². The molecule has 1 aliphatic carbocycles. The Kier molecular flexibility index (Phi) is 5.97. The van der Waals surface area contributed by atoms with E-state index in [1.165, 1.54) is 7.11 Å². The molecule has 2 aromatic rings. The molecule has 7 heteroatoms. The quantitative estimate of drug-likeness (QED) is 0.200. The Morgan fingerprint density at radius 2 is 1.69 bits per heavy atom. The molecule has 0 fully saturated rings. The topological polar surface area (TPSA) is 45.7 Å². The highest BCUT2D eigenvalue weighted by Gasteiger charge is 2.24. The summed E-state index contributed by atoms with van der Waals surface area (Å²) in [6.07, 6.45) is 0. The standard InChI is InChI=1S/C25H24N2O3S2/c1-26(2)14-6-8-16-20(10-14)30-21-11-15(27(3)4)7-9-17(21)24(16)18-12-22(31)23(32)13-19(18)25(28)29-5/h6-13,31H,1-5H3/p+1. The van der Waals surface area contributed by atoms with Gasteiger partial charge in [0.2, 0.25) is 5.36 Å². The number of hydrogen-bond donors (Lipinski definition) is 2. The molecule has 0 aromatic heterocycles. The van der Waals surface area contributed by atoms with Crippen LogP contribution in [0.5, 0.6) is 0 Å². The van der Waals surface area contributed by atoms with E-state index in [0.717, 1.165) is 44.5 Å². The predicted molar refractivity (Wildman–Crippen MR) is 136 cm³/mol. The van der Waals surface area contributed by atoms with Crippen molar-refractivity contribution < 1.29 is 13.9 Å². The lowest BCUT2D eigenvalue weighted by Crippen LogP contribution is -2.21. The van der Waals surface area contributed by atoms with E-state index in [0.29, 0.717) is 15.4 Å². The van der Waals surface area contributed by atoms with Gasteiger partial charge < -0.3 is 14.1 Å². The first-order chi connectivity index (χ1) is 15.2. The first kappa shape index (κ1) is 22.3. The zero-order valence-corrected chi connectivity index (χ0v) is 20.4. The number of nitrogens with zero attached hydrogens (tertiary/aromatic N) is 2. The maximum absolute atomic E-state index is 12.7. The molecule has 0 unspecified atom stereocenters. The minimum atomic E-state index is -0.430. The molecule has 0 amide bonds. The molecule has 164 valence electrons. The monoisotopic (exact) mass is 465 g/mol. The number of ether oxygens (including phenoxy) is 1. The van der Waals surface area contributed by atoms with Gasteiger partial charge in [-0.3, -0.25) is 0 Å². The van der Waals surface area contributed by atoms with Gasteiger partial charge in [0.25, 0.3) is 0 Å². The van der Waals surface area contributed by atoms with Crippen molar-refractivity contribution in [2.75, 3.05) is 40.2 Å². The van der Waals surface area contributed by atoms with Gasteiger partial charge in [0, 0.05) is 58.2 Å². The molecular weight excluding hydrogens is 440 g/mol. The first-order valence-corrected chi connectivity index (χ1v) is 10.9. The van der Waals surface area contributed by atoms with E-state index in [1.807, 2.05) is 80.1 Å². The Balaban J connectivity index is 2.20. The fraction of sp³-hybridized carbons (Fsp3) is 0.200. The molecular formula is C25H25N2O3S2+. The van der Waals surface area contributed by atoms with Gasteiger partial charge in [-0.2, -0.15) is 0 Å². The van der Waals surface area contributed by atoms with Crippen LogP contribution in [0.3, 0.4) is 0 Å². The van der Waals surface area contributed by atoms with Crippen LogP contribution in [0.25, 0.3) is 33.4 Å². The van der Waals surface area contributed by atoms with Gasteiger partial charge in [0.05, 0.1) is 18.7 Å². The number of rotatable bonds is 3. The van der Waals surface area contributed by atoms with E-state index in [1.54, 1.807) is 6.07 Å². The van der Waals surface area contributed by atoms with E-state index >= 15 is 0 Å². The number of carbonyl (C=O) groups excluding carboxylic acids is 1. The van der Waals surface area contributed by atoms with Crippen LogP contribution >= 0.6 is 25.3 Å². The third-order valence-electron chi connectivity index (χ3n) is 5.51. The summed E-state index contributed by atoms with van der Waals surface area (Å²) in [4.78, 5) is 16.0. The lowest BCUT2D eigenvalue weighted by molar-refractivity contribution is 0.0601. The Morgan fingerprint density at radius 1 is 0.969 bits per heavy atom. The van der Waals surface area contributed by atoms with Crippen molar-refractivity contribution in [2.24, 2.45) is 0 Å². The molecule has 5 nitrogen and oxygen atoms in total. The number of esters is 1. The summed E-state index contributed by atoms with van der Waals surface area (Å²) in [7, 11) is 9.33.